The van der Waals surface area contributed by atoms with Crippen LogP contribution in [0.4, 0.5) is 0 Å². The smallest absolute Gasteiger partial charge is 0.115 e. The van der Waals surface area contributed by atoms with Crippen LogP contribution < -0.4 is 0 Å². The van der Waals surface area contributed by atoms with Crippen LogP contribution in [0.15, 0.2) is 0 Å². The molecule has 0 saturated carbocycles. The summed E-state index contributed by atoms with van der Waals surface area (Å²) in [7, 11) is 0. The molecular weight excluding hydrogens is 232 g/mol. The van der Waals surface area contributed by atoms with Gasteiger partial charge in [0.05, 0.1) is 23.9 Å². The normalized spacial score (nSPS) is 34.0. The predicted octanol–water partition coefficient (Wildman–Crippen LogP) is 2.13. The molecule has 0 aliphatic carbocycles. The molecule has 0 aromatic rings. The standard InChI is InChI=1S/C14H28O4/c1-9-11(15)12(18-14(5,6)7)10(17-9)8-16-13(2,3)4/h9-12,15H,8H2,1-7H3/t9-,10+,11+,12?/m0/s1. The fraction of sp³-hybridized carbons (Fsp3) is 1.00. The first-order valence-corrected chi connectivity index (χ1v) is 6.65. The largest absolute Gasteiger partial charge is 0.388 e. The molecule has 4 heteroatoms. The molecule has 4 atom stereocenters. The van der Waals surface area contributed by atoms with Gasteiger partial charge in [0.2, 0.25) is 0 Å². The van der Waals surface area contributed by atoms with Crippen LogP contribution in [0, 0.1) is 0 Å². The Morgan fingerprint density at radius 2 is 1.61 bits per heavy atom. The van der Waals surface area contributed by atoms with Gasteiger partial charge in [-0.1, -0.05) is 0 Å². The molecule has 0 bridgehead atoms. The molecule has 0 aromatic carbocycles. The average Bonchev–Trinajstić information content (AvgIpc) is 2.39. The van der Waals surface area contributed by atoms with E-state index in [4.69, 9.17) is 14.2 Å². The second kappa shape index (κ2) is 5.45. The number of hydrogen-bond acceptors (Lipinski definition) is 4. The van der Waals surface area contributed by atoms with Crippen LogP contribution in [0.3, 0.4) is 0 Å². The zero-order chi connectivity index (χ0) is 14.1. The number of rotatable bonds is 3. The van der Waals surface area contributed by atoms with Gasteiger partial charge in [0.1, 0.15) is 18.3 Å². The summed E-state index contributed by atoms with van der Waals surface area (Å²) in [6, 6.07) is 0. The third-order valence-electron chi connectivity index (χ3n) is 2.74. The van der Waals surface area contributed by atoms with Crippen LogP contribution >= 0.6 is 0 Å². The van der Waals surface area contributed by atoms with Gasteiger partial charge in [-0.2, -0.15) is 0 Å². The molecule has 1 N–H and O–H groups in total. The third-order valence-corrected chi connectivity index (χ3v) is 2.74. The Balaban J connectivity index is 2.64. The van der Waals surface area contributed by atoms with E-state index in [1.807, 2.05) is 48.5 Å². The maximum absolute atomic E-state index is 10.1. The lowest BCUT2D eigenvalue weighted by molar-refractivity contribution is -0.137. The van der Waals surface area contributed by atoms with Gasteiger partial charge >= 0.3 is 0 Å². The Morgan fingerprint density at radius 3 is 2.06 bits per heavy atom. The molecule has 1 unspecified atom stereocenters. The molecule has 1 aliphatic rings. The second-order valence-corrected chi connectivity index (χ2v) is 6.99. The van der Waals surface area contributed by atoms with E-state index in [9.17, 15) is 5.11 Å². The molecule has 1 aliphatic heterocycles. The van der Waals surface area contributed by atoms with E-state index in [2.05, 4.69) is 0 Å². The lowest BCUT2D eigenvalue weighted by Crippen LogP contribution is -2.42. The van der Waals surface area contributed by atoms with Crippen molar-refractivity contribution < 1.29 is 19.3 Å². The summed E-state index contributed by atoms with van der Waals surface area (Å²) in [6.45, 7) is 14.2. The lowest BCUT2D eigenvalue weighted by atomic mass is 10.1. The van der Waals surface area contributed by atoms with Crippen molar-refractivity contribution in [1.29, 1.82) is 0 Å². The number of hydrogen-bond donors (Lipinski definition) is 1. The predicted molar refractivity (Wildman–Crippen MR) is 70.7 cm³/mol. The number of aliphatic hydroxyl groups is 1. The average molecular weight is 260 g/mol. The van der Waals surface area contributed by atoms with Crippen molar-refractivity contribution in [3.05, 3.63) is 0 Å². The summed E-state index contributed by atoms with van der Waals surface area (Å²) in [5.74, 6) is 0. The summed E-state index contributed by atoms with van der Waals surface area (Å²) >= 11 is 0. The molecule has 4 nitrogen and oxygen atoms in total. The highest BCUT2D eigenvalue weighted by Gasteiger charge is 2.44. The molecule has 1 fully saturated rings. The maximum atomic E-state index is 10.1. The van der Waals surface area contributed by atoms with Gasteiger partial charge in [-0.3, -0.25) is 0 Å². The van der Waals surface area contributed by atoms with E-state index in [0.29, 0.717) is 6.61 Å². The van der Waals surface area contributed by atoms with Crippen molar-refractivity contribution in [1.82, 2.24) is 0 Å². The van der Waals surface area contributed by atoms with E-state index in [1.54, 1.807) is 0 Å². The SMILES string of the molecule is C[C@@H]1O[C@H](COC(C)(C)C)C(OC(C)(C)C)[C@@H]1O. The van der Waals surface area contributed by atoms with Gasteiger partial charge in [-0.05, 0) is 48.5 Å². The zero-order valence-electron chi connectivity index (χ0n) is 12.7. The molecule has 0 radical (unpaired) electrons. The molecule has 18 heavy (non-hydrogen) atoms. The monoisotopic (exact) mass is 260 g/mol. The molecule has 1 heterocycles. The fourth-order valence-electron chi connectivity index (χ4n) is 1.94. The first-order valence-electron chi connectivity index (χ1n) is 6.65. The van der Waals surface area contributed by atoms with Gasteiger partial charge in [0.25, 0.3) is 0 Å². The van der Waals surface area contributed by atoms with Crippen LogP contribution in [-0.4, -0.2) is 47.3 Å². The van der Waals surface area contributed by atoms with Crippen molar-refractivity contribution in [2.24, 2.45) is 0 Å². The molecule has 1 rings (SSSR count). The minimum atomic E-state index is -0.599. The van der Waals surface area contributed by atoms with Gasteiger partial charge in [0.15, 0.2) is 0 Å². The Kier molecular flexibility index (Phi) is 4.81. The maximum Gasteiger partial charge on any atom is 0.115 e. The first-order chi connectivity index (χ1) is 7.99. The Bertz CT molecular complexity index is 264. The minimum absolute atomic E-state index is 0.214. The van der Waals surface area contributed by atoms with Crippen LogP contribution in [0.5, 0.6) is 0 Å². The number of ether oxygens (including phenoxy) is 3. The molecule has 0 aromatic heterocycles. The van der Waals surface area contributed by atoms with Gasteiger partial charge < -0.3 is 19.3 Å². The van der Waals surface area contributed by atoms with Crippen LogP contribution in [0.25, 0.3) is 0 Å². The van der Waals surface area contributed by atoms with E-state index >= 15 is 0 Å². The van der Waals surface area contributed by atoms with Crippen molar-refractivity contribution in [2.45, 2.75) is 84.1 Å². The van der Waals surface area contributed by atoms with Crippen LogP contribution in [0.2, 0.25) is 0 Å². The van der Waals surface area contributed by atoms with Crippen molar-refractivity contribution in [3.8, 4) is 0 Å². The van der Waals surface area contributed by atoms with Crippen molar-refractivity contribution >= 4 is 0 Å². The first kappa shape index (κ1) is 15.9. The molecule has 108 valence electrons. The van der Waals surface area contributed by atoms with Crippen molar-refractivity contribution in [2.75, 3.05) is 6.61 Å². The van der Waals surface area contributed by atoms with Crippen LogP contribution in [-0.2, 0) is 14.2 Å². The van der Waals surface area contributed by atoms with Crippen molar-refractivity contribution in [3.63, 3.8) is 0 Å². The van der Waals surface area contributed by atoms with Gasteiger partial charge in [0, 0.05) is 0 Å². The molecule has 1 saturated heterocycles. The summed E-state index contributed by atoms with van der Waals surface area (Å²) in [4.78, 5) is 0. The molecule has 0 spiro atoms. The summed E-state index contributed by atoms with van der Waals surface area (Å²) < 4.78 is 17.4. The zero-order valence-corrected chi connectivity index (χ0v) is 12.7. The van der Waals surface area contributed by atoms with E-state index in [0.717, 1.165) is 0 Å². The van der Waals surface area contributed by atoms with E-state index in [1.165, 1.54) is 0 Å². The topological polar surface area (TPSA) is 47.9 Å². The minimum Gasteiger partial charge on any atom is -0.388 e. The van der Waals surface area contributed by atoms with Gasteiger partial charge in [-0.25, -0.2) is 0 Å². The van der Waals surface area contributed by atoms with E-state index < -0.39 is 6.10 Å². The third kappa shape index (κ3) is 4.84. The highest BCUT2D eigenvalue weighted by Crippen LogP contribution is 2.28. The second-order valence-electron chi connectivity index (χ2n) is 6.99. The fourth-order valence-corrected chi connectivity index (χ4v) is 1.94. The summed E-state index contributed by atoms with van der Waals surface area (Å²) in [5, 5.41) is 10.1. The Morgan fingerprint density at radius 1 is 1.06 bits per heavy atom. The summed E-state index contributed by atoms with van der Waals surface area (Å²) in [6.07, 6.45) is -1.36. The number of aliphatic hydroxyl groups excluding tert-OH is 1. The van der Waals surface area contributed by atoms with E-state index in [-0.39, 0.29) is 29.5 Å². The Labute approximate surface area is 111 Å². The Hall–Kier alpha value is -0.160. The highest BCUT2D eigenvalue weighted by atomic mass is 16.6. The quantitative estimate of drug-likeness (QED) is 0.844. The highest BCUT2D eigenvalue weighted by molar-refractivity contribution is 4.91. The lowest BCUT2D eigenvalue weighted by Gasteiger charge is -2.30. The van der Waals surface area contributed by atoms with Gasteiger partial charge in [-0.15, -0.1) is 0 Å². The molecule has 0 amide bonds. The van der Waals surface area contributed by atoms with Crippen LogP contribution in [0.1, 0.15) is 48.5 Å². The molecular formula is C14H28O4. The summed E-state index contributed by atoms with van der Waals surface area (Å²) in [5.41, 5.74) is -0.522.